The molecule has 1 atom stereocenters. The maximum atomic E-state index is 13.2. The Kier molecular flexibility index (Phi) is 8.51. The molecule has 37 heavy (non-hydrogen) atoms. The molecule has 0 saturated carbocycles. The van der Waals surface area contributed by atoms with Gasteiger partial charge in [0.2, 0.25) is 0 Å². The Morgan fingerprint density at radius 3 is 2.54 bits per heavy atom. The molecule has 2 heterocycles. The summed E-state index contributed by atoms with van der Waals surface area (Å²) in [5.74, 6) is 1.31. The van der Waals surface area contributed by atoms with Crippen molar-refractivity contribution in [3.63, 3.8) is 0 Å². The van der Waals surface area contributed by atoms with Crippen LogP contribution in [0.2, 0.25) is 0 Å². The second-order valence-corrected chi connectivity index (χ2v) is 10.7. The minimum atomic E-state index is -0.602. The molecule has 1 aromatic carbocycles. The fourth-order valence-electron chi connectivity index (χ4n) is 4.39. The Hall–Kier alpha value is -3.55. The Morgan fingerprint density at radius 2 is 1.92 bits per heavy atom. The normalized spacial score (nSPS) is 12.6. The number of aryl methyl sites for hydroxylation is 2. The molecule has 0 bridgehead atoms. The van der Waals surface area contributed by atoms with Crippen molar-refractivity contribution < 1.29 is 19.0 Å². The van der Waals surface area contributed by atoms with Gasteiger partial charge in [0.25, 0.3) is 5.56 Å². The predicted octanol–water partition coefficient (Wildman–Crippen LogP) is 5.72. The fourth-order valence-corrected chi connectivity index (χ4v) is 4.39. The molecular formula is C29H39N3O5. The van der Waals surface area contributed by atoms with Gasteiger partial charge in [0.15, 0.2) is 0 Å². The van der Waals surface area contributed by atoms with Gasteiger partial charge in [-0.1, -0.05) is 20.4 Å². The summed E-state index contributed by atoms with van der Waals surface area (Å²) in [6.45, 7) is 18.1. The van der Waals surface area contributed by atoms with E-state index in [0.29, 0.717) is 52.6 Å². The standard InChI is InChI=1S/C29H39N3O5/c1-10-35-19(5)22-14-23-21-11-12-30-18(4)26(21)27(33)32(9)24(23)15-25(22)36-16-20(13-17(2)3)31-28(34)37-29(6,7)8/h11-12,14-15,17,20H,5,10,13,16H2,1-4,6-9H3,(H,31,34). The molecule has 0 saturated heterocycles. The van der Waals surface area contributed by atoms with Gasteiger partial charge in [-0.2, -0.15) is 0 Å². The van der Waals surface area contributed by atoms with Gasteiger partial charge in [0, 0.05) is 24.7 Å². The Balaban J connectivity index is 2.07. The van der Waals surface area contributed by atoms with E-state index in [-0.39, 0.29) is 18.2 Å². The van der Waals surface area contributed by atoms with E-state index in [9.17, 15) is 9.59 Å². The minimum absolute atomic E-state index is 0.125. The molecule has 1 amide bonds. The van der Waals surface area contributed by atoms with Gasteiger partial charge in [-0.05, 0) is 64.5 Å². The number of pyridine rings is 2. The Labute approximate surface area is 218 Å². The summed E-state index contributed by atoms with van der Waals surface area (Å²) in [6, 6.07) is 5.35. The monoisotopic (exact) mass is 509 g/mol. The predicted molar refractivity (Wildman–Crippen MR) is 148 cm³/mol. The van der Waals surface area contributed by atoms with Crippen LogP contribution in [0.3, 0.4) is 0 Å². The summed E-state index contributed by atoms with van der Waals surface area (Å²) in [6.07, 6.45) is 1.91. The van der Waals surface area contributed by atoms with Crippen LogP contribution in [0, 0.1) is 12.8 Å². The van der Waals surface area contributed by atoms with Crippen LogP contribution in [-0.4, -0.2) is 40.5 Å². The molecule has 200 valence electrons. The lowest BCUT2D eigenvalue weighted by molar-refractivity contribution is 0.0480. The summed E-state index contributed by atoms with van der Waals surface area (Å²) in [4.78, 5) is 30.0. The van der Waals surface area contributed by atoms with Crippen LogP contribution in [0.5, 0.6) is 5.75 Å². The largest absolute Gasteiger partial charge is 0.494 e. The first kappa shape index (κ1) is 28.0. The van der Waals surface area contributed by atoms with Crippen molar-refractivity contribution in [2.24, 2.45) is 13.0 Å². The summed E-state index contributed by atoms with van der Waals surface area (Å²) in [7, 11) is 1.74. The van der Waals surface area contributed by atoms with Crippen LogP contribution < -0.4 is 15.6 Å². The van der Waals surface area contributed by atoms with E-state index in [0.717, 1.165) is 10.8 Å². The number of hydrogen-bond donors (Lipinski definition) is 1. The second kappa shape index (κ2) is 11.2. The van der Waals surface area contributed by atoms with E-state index in [1.807, 2.05) is 52.8 Å². The zero-order chi connectivity index (χ0) is 27.5. The summed E-state index contributed by atoms with van der Waals surface area (Å²) in [5, 5.41) is 5.20. The van der Waals surface area contributed by atoms with Gasteiger partial charge in [-0.25, -0.2) is 4.79 Å². The first-order valence-electron chi connectivity index (χ1n) is 12.7. The third-order valence-corrected chi connectivity index (χ3v) is 5.94. The topological polar surface area (TPSA) is 91.7 Å². The van der Waals surface area contributed by atoms with Gasteiger partial charge in [0.05, 0.1) is 34.8 Å². The highest BCUT2D eigenvalue weighted by atomic mass is 16.6. The maximum Gasteiger partial charge on any atom is 0.407 e. The molecule has 3 rings (SSSR count). The van der Waals surface area contributed by atoms with E-state index in [1.165, 1.54) is 0 Å². The molecule has 8 nitrogen and oxygen atoms in total. The lowest BCUT2D eigenvalue weighted by Gasteiger charge is -2.25. The van der Waals surface area contributed by atoms with Crippen molar-refractivity contribution in [3.8, 4) is 5.75 Å². The zero-order valence-electron chi connectivity index (χ0n) is 23.2. The van der Waals surface area contributed by atoms with Gasteiger partial charge in [0.1, 0.15) is 23.7 Å². The molecule has 0 fully saturated rings. The lowest BCUT2D eigenvalue weighted by atomic mass is 10.0. The highest BCUT2D eigenvalue weighted by molar-refractivity contribution is 6.07. The molecule has 3 aromatic rings. The van der Waals surface area contributed by atoms with E-state index in [2.05, 4.69) is 30.7 Å². The first-order valence-corrected chi connectivity index (χ1v) is 12.7. The van der Waals surface area contributed by atoms with E-state index in [4.69, 9.17) is 14.2 Å². The zero-order valence-corrected chi connectivity index (χ0v) is 23.2. The van der Waals surface area contributed by atoms with Crippen molar-refractivity contribution >= 4 is 33.5 Å². The average Bonchev–Trinajstić information content (AvgIpc) is 2.79. The Bertz CT molecular complexity index is 1370. The first-order chi connectivity index (χ1) is 17.3. The summed E-state index contributed by atoms with van der Waals surface area (Å²) >= 11 is 0. The number of carbonyl (C=O) groups excluding carboxylic acids is 1. The van der Waals surface area contributed by atoms with E-state index < -0.39 is 11.7 Å². The fraction of sp³-hybridized carbons (Fsp3) is 0.483. The molecule has 2 aromatic heterocycles. The molecule has 0 aliphatic carbocycles. The van der Waals surface area contributed by atoms with E-state index in [1.54, 1.807) is 17.8 Å². The number of hydrogen-bond acceptors (Lipinski definition) is 6. The minimum Gasteiger partial charge on any atom is -0.494 e. The quantitative estimate of drug-likeness (QED) is 0.293. The lowest BCUT2D eigenvalue weighted by Crippen LogP contribution is -2.42. The van der Waals surface area contributed by atoms with Crippen molar-refractivity contribution in [2.75, 3.05) is 13.2 Å². The van der Waals surface area contributed by atoms with E-state index >= 15 is 0 Å². The number of nitrogens with zero attached hydrogens (tertiary/aromatic N) is 2. The number of rotatable bonds is 9. The molecular weight excluding hydrogens is 470 g/mol. The van der Waals surface area contributed by atoms with Crippen LogP contribution in [-0.2, 0) is 16.5 Å². The number of alkyl carbamates (subject to hydrolysis) is 1. The SMILES string of the molecule is C=C(OCC)c1cc2c3ccnc(C)c3c(=O)n(C)c2cc1OCC(CC(C)C)NC(=O)OC(C)(C)C. The summed E-state index contributed by atoms with van der Waals surface area (Å²) in [5.41, 5.74) is 1.35. The van der Waals surface area contributed by atoms with Crippen LogP contribution >= 0.6 is 0 Å². The molecule has 0 aliphatic rings. The second-order valence-electron chi connectivity index (χ2n) is 10.7. The Morgan fingerprint density at radius 1 is 1.22 bits per heavy atom. The van der Waals surface area contributed by atoms with Crippen molar-refractivity contribution in [2.45, 2.75) is 66.5 Å². The van der Waals surface area contributed by atoms with Gasteiger partial charge < -0.3 is 24.1 Å². The molecule has 0 aliphatic heterocycles. The number of aromatic nitrogens is 2. The highest BCUT2D eigenvalue weighted by Crippen LogP contribution is 2.34. The number of nitrogens with one attached hydrogen (secondary N) is 1. The molecule has 1 N–H and O–H groups in total. The van der Waals surface area contributed by atoms with Crippen LogP contribution in [0.4, 0.5) is 4.79 Å². The van der Waals surface area contributed by atoms with Crippen LogP contribution in [0.15, 0.2) is 35.8 Å². The number of benzene rings is 1. The number of amides is 1. The van der Waals surface area contributed by atoms with Crippen molar-refractivity contribution in [1.82, 2.24) is 14.9 Å². The number of carbonyl (C=O) groups is 1. The van der Waals surface area contributed by atoms with Crippen molar-refractivity contribution in [3.05, 3.63) is 52.6 Å². The maximum absolute atomic E-state index is 13.2. The smallest absolute Gasteiger partial charge is 0.407 e. The molecule has 0 spiro atoms. The van der Waals surface area contributed by atoms with Crippen LogP contribution in [0.1, 0.15) is 59.2 Å². The number of fused-ring (bicyclic) bond motifs is 3. The third-order valence-electron chi connectivity index (χ3n) is 5.94. The third kappa shape index (κ3) is 6.61. The van der Waals surface area contributed by atoms with Gasteiger partial charge >= 0.3 is 6.09 Å². The van der Waals surface area contributed by atoms with Gasteiger partial charge in [-0.15, -0.1) is 0 Å². The molecule has 0 radical (unpaired) electrons. The van der Waals surface area contributed by atoms with Crippen LogP contribution in [0.25, 0.3) is 27.4 Å². The summed E-state index contributed by atoms with van der Waals surface area (Å²) < 4.78 is 19.1. The average molecular weight is 510 g/mol. The van der Waals surface area contributed by atoms with Crippen molar-refractivity contribution in [1.29, 1.82) is 0 Å². The highest BCUT2D eigenvalue weighted by Gasteiger charge is 2.22. The molecule has 1 unspecified atom stereocenters. The molecule has 8 heteroatoms. The van der Waals surface area contributed by atoms with Gasteiger partial charge in [-0.3, -0.25) is 9.78 Å². The number of ether oxygens (including phenoxy) is 3.